The second-order valence-corrected chi connectivity index (χ2v) is 20.9. The van der Waals surface area contributed by atoms with Gasteiger partial charge in [-0.25, -0.2) is 0 Å². The highest BCUT2D eigenvalue weighted by Gasteiger charge is 2.43. The summed E-state index contributed by atoms with van der Waals surface area (Å²) in [5.41, 5.74) is 12.3. The molecule has 0 amide bonds. The monoisotopic (exact) mass is 845 g/mol. The number of aromatic nitrogens is 1. The molecule has 0 atom stereocenters. The van der Waals surface area contributed by atoms with Gasteiger partial charge < -0.3 is 14.0 Å². The maximum absolute atomic E-state index is 7.06. The van der Waals surface area contributed by atoms with E-state index in [2.05, 4.69) is 247 Å². The molecule has 3 heterocycles. The van der Waals surface area contributed by atoms with Crippen molar-refractivity contribution in [3.8, 4) is 56.3 Å². The van der Waals surface area contributed by atoms with Crippen LogP contribution in [0, 0.1) is 0 Å². The predicted octanol–water partition coefficient (Wildman–Crippen LogP) is 10.8. The lowest BCUT2D eigenvalue weighted by Gasteiger charge is -2.35. The molecule has 3 nitrogen and oxygen atoms in total. The number of fused-ring (bicyclic) bond motifs is 7. The fraction of sp³-hybridized carbons (Fsp3) is 0. The van der Waals surface area contributed by atoms with Crippen molar-refractivity contribution < 1.29 is 9.39 Å². The van der Waals surface area contributed by atoms with E-state index < -0.39 is 8.07 Å². The Balaban J connectivity index is 0.958. The van der Waals surface area contributed by atoms with Crippen molar-refractivity contribution in [1.82, 2.24) is 4.57 Å². The Bertz CT molecular complexity index is 3470. The van der Waals surface area contributed by atoms with E-state index in [0.29, 0.717) is 0 Å². The summed E-state index contributed by atoms with van der Waals surface area (Å²) in [7, 11) is -2.73. The molecule has 2 aliphatic heterocycles. The average Bonchev–Trinajstić information content (AvgIpc) is 3.72. The second-order valence-electron chi connectivity index (χ2n) is 17.1. The summed E-state index contributed by atoms with van der Waals surface area (Å²) in [6.45, 7) is -0.352. The van der Waals surface area contributed by atoms with Crippen LogP contribution in [0.5, 0.6) is 17.2 Å². The SMILES string of the molecule is c1ccc([Si](c2ccccc2)(c2ccccc2)c2cccc(-c3ccc4c(c3)B3Oc5ccccc5-c5cc(-c6ccccc6-n6c7ccccc7c7ccccc76)cc(c53)O4)c2)cc1. The first-order valence-corrected chi connectivity index (χ1v) is 24.4. The Morgan fingerprint density at radius 3 is 1.58 bits per heavy atom. The van der Waals surface area contributed by atoms with E-state index in [4.69, 9.17) is 9.39 Å². The zero-order valence-electron chi connectivity index (χ0n) is 35.4. The Hall–Kier alpha value is -8.12. The molecule has 0 saturated carbocycles. The lowest BCUT2D eigenvalue weighted by atomic mass is 9.50. The lowest BCUT2D eigenvalue weighted by Crippen LogP contribution is -2.74. The maximum Gasteiger partial charge on any atom is 0.434 e. The molecule has 5 heteroatoms. The number of hydrogen-bond acceptors (Lipinski definition) is 2. The first-order valence-electron chi connectivity index (χ1n) is 22.4. The third-order valence-electron chi connectivity index (χ3n) is 13.6. The summed E-state index contributed by atoms with van der Waals surface area (Å²) >= 11 is 0. The van der Waals surface area contributed by atoms with E-state index >= 15 is 0 Å². The molecular weight excluding hydrogens is 806 g/mol. The number of rotatable bonds is 7. The fourth-order valence-corrected chi connectivity index (χ4v) is 15.6. The average molecular weight is 846 g/mol. The minimum Gasteiger partial charge on any atom is -0.551 e. The third kappa shape index (κ3) is 5.83. The van der Waals surface area contributed by atoms with Crippen molar-refractivity contribution >= 4 is 68.5 Å². The summed E-state index contributed by atoms with van der Waals surface area (Å²) in [4.78, 5) is 0. The van der Waals surface area contributed by atoms with Crippen LogP contribution in [0.4, 0.5) is 0 Å². The largest absolute Gasteiger partial charge is 0.551 e. The number of ether oxygens (including phenoxy) is 1. The number of benzene rings is 10. The highest BCUT2D eigenvalue weighted by Crippen LogP contribution is 2.44. The Kier molecular flexibility index (Phi) is 8.65. The van der Waals surface area contributed by atoms with E-state index in [0.717, 1.165) is 67.2 Å². The van der Waals surface area contributed by atoms with Crippen LogP contribution in [0.2, 0.25) is 0 Å². The Morgan fingerprint density at radius 2 is 0.908 bits per heavy atom. The maximum atomic E-state index is 7.06. The van der Waals surface area contributed by atoms with Crippen LogP contribution >= 0.6 is 0 Å². The Labute approximate surface area is 379 Å². The van der Waals surface area contributed by atoms with Crippen LogP contribution in [0.25, 0.3) is 60.9 Å². The van der Waals surface area contributed by atoms with Gasteiger partial charge in [0.1, 0.15) is 17.2 Å². The van der Waals surface area contributed by atoms with E-state index in [1.807, 2.05) is 0 Å². The smallest absolute Gasteiger partial charge is 0.434 e. The molecule has 2 aliphatic rings. The molecule has 11 aromatic rings. The van der Waals surface area contributed by atoms with Gasteiger partial charge in [-0.15, -0.1) is 0 Å². The molecule has 304 valence electrons. The van der Waals surface area contributed by atoms with E-state index in [1.54, 1.807) is 0 Å². The lowest BCUT2D eigenvalue weighted by molar-refractivity contribution is 0.479. The van der Waals surface area contributed by atoms with Gasteiger partial charge in [0, 0.05) is 32.8 Å². The summed E-state index contributed by atoms with van der Waals surface area (Å²) in [5, 5.41) is 7.86. The van der Waals surface area contributed by atoms with E-state index in [9.17, 15) is 0 Å². The minimum absolute atomic E-state index is 0.352. The molecule has 10 aromatic carbocycles. The first kappa shape index (κ1) is 37.4. The van der Waals surface area contributed by atoms with Gasteiger partial charge in [-0.1, -0.05) is 200 Å². The second kappa shape index (κ2) is 15.0. The van der Waals surface area contributed by atoms with Gasteiger partial charge in [-0.2, -0.15) is 0 Å². The highest BCUT2D eigenvalue weighted by molar-refractivity contribution is 7.19. The van der Waals surface area contributed by atoms with Gasteiger partial charge in [0.15, 0.2) is 8.07 Å². The minimum atomic E-state index is -2.73. The summed E-state index contributed by atoms with van der Waals surface area (Å²) < 4.78 is 16.5. The van der Waals surface area contributed by atoms with Crippen molar-refractivity contribution in [3.05, 3.63) is 243 Å². The van der Waals surface area contributed by atoms with Crippen LogP contribution in [0.3, 0.4) is 0 Å². The molecule has 13 rings (SSSR count). The third-order valence-corrected chi connectivity index (χ3v) is 18.4. The van der Waals surface area contributed by atoms with Crippen molar-refractivity contribution in [1.29, 1.82) is 0 Å². The van der Waals surface area contributed by atoms with E-state index in [1.165, 1.54) is 42.6 Å². The van der Waals surface area contributed by atoms with Gasteiger partial charge in [0.25, 0.3) is 0 Å². The molecule has 0 saturated heterocycles. The summed E-state index contributed by atoms with van der Waals surface area (Å²) in [6.07, 6.45) is 0. The number of nitrogens with zero attached hydrogens (tertiary/aromatic N) is 1. The number of para-hydroxylation sites is 4. The molecule has 0 unspecified atom stereocenters. The van der Waals surface area contributed by atoms with Crippen molar-refractivity contribution in [2.45, 2.75) is 0 Å². The quantitative estimate of drug-likeness (QED) is 0.118. The fourth-order valence-electron chi connectivity index (χ4n) is 10.8. The van der Waals surface area contributed by atoms with Gasteiger partial charge in [-0.3, -0.25) is 0 Å². The standard InChI is InChI=1S/C60H40BNO2Si/c1-4-20-44(21-5-1)65(45-22-6-2-7-23-45,46-24-8-3-9-25-46)47-26-18-19-41(37-47)42-35-36-58-53(39-42)61-60-52(51-30-13-17-34-57(51)64-61)38-43(40-59(60)63-58)48-27-10-14-31-54(48)62-55-32-15-11-28-49(55)50-29-12-16-33-56(50)62/h1-40H. The van der Waals surface area contributed by atoms with Crippen LogP contribution in [-0.4, -0.2) is 19.6 Å². The summed E-state index contributed by atoms with van der Waals surface area (Å²) in [6, 6.07) is 88.3. The zero-order chi connectivity index (χ0) is 42.9. The predicted molar refractivity (Wildman–Crippen MR) is 273 cm³/mol. The molecule has 0 fully saturated rings. The van der Waals surface area contributed by atoms with Crippen LogP contribution in [-0.2, 0) is 0 Å². The molecule has 0 aliphatic carbocycles. The topological polar surface area (TPSA) is 23.4 Å². The first-order chi connectivity index (χ1) is 32.2. The molecule has 0 N–H and O–H groups in total. The van der Waals surface area contributed by atoms with Crippen LogP contribution < -0.4 is 41.1 Å². The van der Waals surface area contributed by atoms with Gasteiger partial charge in [-0.05, 0) is 85.5 Å². The van der Waals surface area contributed by atoms with Crippen LogP contribution in [0.15, 0.2) is 243 Å². The molecule has 0 bridgehead atoms. The molecule has 0 radical (unpaired) electrons. The molecular formula is C60H40BNO2Si. The highest BCUT2D eigenvalue weighted by atomic mass is 28.3. The van der Waals surface area contributed by atoms with Gasteiger partial charge in [0.05, 0.1) is 16.7 Å². The van der Waals surface area contributed by atoms with Crippen molar-refractivity contribution in [2.24, 2.45) is 0 Å². The Morgan fingerprint density at radius 1 is 0.354 bits per heavy atom. The molecule has 0 spiro atoms. The van der Waals surface area contributed by atoms with Gasteiger partial charge >= 0.3 is 6.92 Å². The van der Waals surface area contributed by atoms with Gasteiger partial charge in [0.2, 0.25) is 0 Å². The van der Waals surface area contributed by atoms with Crippen molar-refractivity contribution in [3.63, 3.8) is 0 Å². The van der Waals surface area contributed by atoms with Crippen molar-refractivity contribution in [2.75, 3.05) is 0 Å². The normalized spacial score (nSPS) is 12.5. The number of hydrogen-bond donors (Lipinski definition) is 0. The van der Waals surface area contributed by atoms with E-state index in [-0.39, 0.29) is 6.92 Å². The molecule has 65 heavy (non-hydrogen) atoms. The molecule has 1 aromatic heterocycles. The summed E-state index contributed by atoms with van der Waals surface area (Å²) in [5.74, 6) is 2.50. The van der Waals surface area contributed by atoms with Crippen LogP contribution in [0.1, 0.15) is 0 Å². The zero-order valence-corrected chi connectivity index (χ0v) is 36.4.